The van der Waals surface area contributed by atoms with E-state index in [2.05, 4.69) is 26.1 Å². The molecule has 0 saturated carbocycles. The lowest BCUT2D eigenvalue weighted by Gasteiger charge is -2.21. The number of ether oxygens (including phenoxy) is 3. The van der Waals surface area contributed by atoms with E-state index in [9.17, 15) is 0 Å². The highest BCUT2D eigenvalue weighted by Crippen LogP contribution is 2.05. The Bertz CT molecular complexity index is 154. The molecule has 0 aliphatic carbocycles. The second-order valence-corrected chi connectivity index (χ2v) is 4.42. The van der Waals surface area contributed by atoms with Crippen molar-refractivity contribution >= 4 is 0 Å². The predicted molar refractivity (Wildman–Crippen MR) is 70.4 cm³/mol. The SMILES string of the molecule is CCNCC(OCCOCCCOC)C(C)C. The lowest BCUT2D eigenvalue weighted by Crippen LogP contribution is -2.34. The van der Waals surface area contributed by atoms with Crippen LogP contribution >= 0.6 is 0 Å². The Kier molecular flexibility index (Phi) is 12.2. The van der Waals surface area contributed by atoms with Crippen molar-refractivity contribution in [3.63, 3.8) is 0 Å². The van der Waals surface area contributed by atoms with Gasteiger partial charge in [0.15, 0.2) is 0 Å². The molecule has 0 spiro atoms. The Balaban J connectivity index is 3.41. The van der Waals surface area contributed by atoms with Crippen molar-refractivity contribution in [3.8, 4) is 0 Å². The molecule has 0 radical (unpaired) electrons. The van der Waals surface area contributed by atoms with E-state index in [1.807, 2.05) is 0 Å². The molecule has 0 aromatic rings. The summed E-state index contributed by atoms with van der Waals surface area (Å²) in [6, 6.07) is 0. The van der Waals surface area contributed by atoms with Gasteiger partial charge in [-0.2, -0.15) is 0 Å². The quantitative estimate of drug-likeness (QED) is 0.533. The number of hydrogen-bond acceptors (Lipinski definition) is 4. The minimum atomic E-state index is 0.275. The summed E-state index contributed by atoms with van der Waals surface area (Å²) < 4.78 is 16.2. The highest BCUT2D eigenvalue weighted by Gasteiger charge is 2.12. The Hall–Kier alpha value is -0.160. The maximum absolute atomic E-state index is 5.79. The second kappa shape index (κ2) is 12.3. The van der Waals surface area contributed by atoms with E-state index in [1.165, 1.54) is 0 Å². The van der Waals surface area contributed by atoms with Crippen LogP contribution in [0.5, 0.6) is 0 Å². The summed E-state index contributed by atoms with van der Waals surface area (Å²) in [6.07, 6.45) is 1.22. The molecular formula is C13H29NO3. The van der Waals surface area contributed by atoms with Crippen molar-refractivity contribution < 1.29 is 14.2 Å². The minimum absolute atomic E-state index is 0.275. The molecule has 4 heteroatoms. The average Bonchev–Trinajstić information content (AvgIpc) is 2.31. The van der Waals surface area contributed by atoms with Crippen molar-refractivity contribution in [2.24, 2.45) is 5.92 Å². The highest BCUT2D eigenvalue weighted by atomic mass is 16.5. The molecule has 104 valence electrons. The lowest BCUT2D eigenvalue weighted by atomic mass is 10.1. The summed E-state index contributed by atoms with van der Waals surface area (Å²) in [4.78, 5) is 0. The number of methoxy groups -OCH3 is 1. The number of hydrogen-bond donors (Lipinski definition) is 1. The first-order valence-electron chi connectivity index (χ1n) is 6.61. The summed E-state index contributed by atoms with van der Waals surface area (Å²) in [5.41, 5.74) is 0. The zero-order chi connectivity index (χ0) is 12.9. The van der Waals surface area contributed by atoms with Crippen molar-refractivity contribution in [3.05, 3.63) is 0 Å². The van der Waals surface area contributed by atoms with Crippen LogP contribution in [-0.2, 0) is 14.2 Å². The Morgan fingerprint density at radius 1 is 1.06 bits per heavy atom. The van der Waals surface area contributed by atoms with E-state index in [0.29, 0.717) is 19.1 Å². The van der Waals surface area contributed by atoms with Gasteiger partial charge in [-0.15, -0.1) is 0 Å². The fourth-order valence-corrected chi connectivity index (χ4v) is 1.44. The van der Waals surface area contributed by atoms with Crippen LogP contribution < -0.4 is 5.32 Å². The summed E-state index contributed by atoms with van der Waals surface area (Å²) in [6.45, 7) is 11.2. The zero-order valence-electron chi connectivity index (χ0n) is 11.8. The number of nitrogens with one attached hydrogen (secondary N) is 1. The number of likely N-dealkylation sites (N-methyl/N-ethyl adjacent to an activating group) is 1. The third-order valence-electron chi connectivity index (χ3n) is 2.54. The van der Waals surface area contributed by atoms with Gasteiger partial charge in [0.1, 0.15) is 0 Å². The van der Waals surface area contributed by atoms with Crippen molar-refractivity contribution in [2.45, 2.75) is 33.3 Å². The van der Waals surface area contributed by atoms with Crippen LogP contribution in [0.1, 0.15) is 27.2 Å². The fourth-order valence-electron chi connectivity index (χ4n) is 1.44. The molecular weight excluding hydrogens is 218 g/mol. The molecule has 1 N–H and O–H groups in total. The van der Waals surface area contributed by atoms with Crippen molar-refractivity contribution in [2.75, 3.05) is 46.6 Å². The van der Waals surface area contributed by atoms with E-state index in [4.69, 9.17) is 14.2 Å². The standard InChI is InChI=1S/C13H29NO3/c1-5-14-11-13(12(2)3)17-10-9-16-8-6-7-15-4/h12-14H,5-11H2,1-4H3. The van der Waals surface area contributed by atoms with Crippen LogP contribution in [0.25, 0.3) is 0 Å². The molecule has 0 amide bonds. The smallest absolute Gasteiger partial charge is 0.0723 e. The molecule has 0 rings (SSSR count). The van der Waals surface area contributed by atoms with E-state index in [-0.39, 0.29) is 6.10 Å². The maximum Gasteiger partial charge on any atom is 0.0723 e. The first-order valence-corrected chi connectivity index (χ1v) is 6.61. The minimum Gasteiger partial charge on any atom is -0.385 e. The van der Waals surface area contributed by atoms with Gasteiger partial charge in [-0.1, -0.05) is 20.8 Å². The molecule has 1 unspecified atom stereocenters. The molecule has 0 aliphatic heterocycles. The molecule has 1 atom stereocenters. The second-order valence-electron chi connectivity index (χ2n) is 4.42. The van der Waals surface area contributed by atoms with Crippen molar-refractivity contribution in [1.29, 1.82) is 0 Å². The van der Waals surface area contributed by atoms with Crippen LogP contribution in [0.4, 0.5) is 0 Å². The molecule has 17 heavy (non-hydrogen) atoms. The van der Waals surface area contributed by atoms with Gasteiger partial charge in [0.2, 0.25) is 0 Å². The van der Waals surface area contributed by atoms with Gasteiger partial charge < -0.3 is 19.5 Å². The summed E-state index contributed by atoms with van der Waals surface area (Å²) >= 11 is 0. The van der Waals surface area contributed by atoms with Gasteiger partial charge in [0.05, 0.1) is 19.3 Å². The van der Waals surface area contributed by atoms with E-state index in [0.717, 1.165) is 32.7 Å². The maximum atomic E-state index is 5.79. The molecule has 0 bridgehead atoms. The largest absolute Gasteiger partial charge is 0.385 e. The van der Waals surface area contributed by atoms with Crippen LogP contribution in [0.15, 0.2) is 0 Å². The molecule has 4 nitrogen and oxygen atoms in total. The molecule has 0 aromatic carbocycles. The van der Waals surface area contributed by atoms with Gasteiger partial charge in [0, 0.05) is 26.9 Å². The monoisotopic (exact) mass is 247 g/mol. The highest BCUT2D eigenvalue weighted by molar-refractivity contribution is 4.65. The molecule has 0 fully saturated rings. The summed E-state index contributed by atoms with van der Waals surface area (Å²) in [7, 11) is 1.71. The third kappa shape index (κ3) is 10.7. The Labute approximate surface area is 106 Å². The van der Waals surface area contributed by atoms with Gasteiger partial charge in [-0.3, -0.25) is 0 Å². The Morgan fingerprint density at radius 3 is 2.41 bits per heavy atom. The third-order valence-corrected chi connectivity index (χ3v) is 2.54. The topological polar surface area (TPSA) is 39.7 Å². The number of rotatable bonds is 12. The molecule has 0 aliphatic rings. The Morgan fingerprint density at radius 2 is 1.82 bits per heavy atom. The first-order chi connectivity index (χ1) is 8.22. The van der Waals surface area contributed by atoms with E-state index in [1.54, 1.807) is 7.11 Å². The zero-order valence-corrected chi connectivity index (χ0v) is 11.8. The normalized spacial score (nSPS) is 13.2. The van der Waals surface area contributed by atoms with Gasteiger partial charge in [-0.05, 0) is 18.9 Å². The molecule has 0 saturated heterocycles. The van der Waals surface area contributed by atoms with E-state index >= 15 is 0 Å². The van der Waals surface area contributed by atoms with Crippen molar-refractivity contribution in [1.82, 2.24) is 5.32 Å². The fraction of sp³-hybridized carbons (Fsp3) is 1.00. The van der Waals surface area contributed by atoms with Crippen LogP contribution in [0, 0.1) is 5.92 Å². The van der Waals surface area contributed by atoms with Crippen LogP contribution in [0.2, 0.25) is 0 Å². The van der Waals surface area contributed by atoms with Crippen LogP contribution in [-0.4, -0.2) is 52.7 Å². The summed E-state index contributed by atoms with van der Waals surface area (Å²) in [5.74, 6) is 0.530. The average molecular weight is 247 g/mol. The van der Waals surface area contributed by atoms with Gasteiger partial charge >= 0.3 is 0 Å². The van der Waals surface area contributed by atoms with Crippen LogP contribution in [0.3, 0.4) is 0 Å². The van der Waals surface area contributed by atoms with Gasteiger partial charge in [0.25, 0.3) is 0 Å². The first kappa shape index (κ1) is 16.8. The van der Waals surface area contributed by atoms with E-state index < -0.39 is 0 Å². The molecule has 0 heterocycles. The van der Waals surface area contributed by atoms with Gasteiger partial charge in [-0.25, -0.2) is 0 Å². The predicted octanol–water partition coefficient (Wildman–Crippen LogP) is 1.69. The summed E-state index contributed by atoms with van der Waals surface area (Å²) in [5, 5.41) is 3.32. The lowest BCUT2D eigenvalue weighted by molar-refractivity contribution is -0.0160. The molecule has 0 aromatic heterocycles.